The molecule has 1 aromatic heterocycles. The second-order valence-electron chi connectivity index (χ2n) is 5.21. The molecule has 0 saturated heterocycles. The summed E-state index contributed by atoms with van der Waals surface area (Å²) in [6.45, 7) is 5.95. The fourth-order valence-electron chi connectivity index (χ4n) is 2.49. The van der Waals surface area contributed by atoms with Gasteiger partial charge in [0, 0.05) is 12.7 Å². The smallest absolute Gasteiger partial charge is 0.134 e. The summed E-state index contributed by atoms with van der Waals surface area (Å²) in [6.07, 6.45) is 2.15. The lowest BCUT2D eigenvalue weighted by molar-refractivity contribution is 0.185. The Labute approximate surface area is 127 Å². The molecular weight excluding hydrogens is 262 g/mol. The van der Waals surface area contributed by atoms with Gasteiger partial charge in [-0.1, -0.05) is 38.1 Å². The van der Waals surface area contributed by atoms with Crippen LogP contribution >= 0.6 is 0 Å². The zero-order valence-corrected chi connectivity index (χ0v) is 13.2. The summed E-state index contributed by atoms with van der Waals surface area (Å²) in [5.74, 6) is 1.92. The van der Waals surface area contributed by atoms with Gasteiger partial charge in [0.05, 0.1) is 12.6 Å². The van der Waals surface area contributed by atoms with E-state index in [1.165, 1.54) is 0 Å². The van der Waals surface area contributed by atoms with Crippen LogP contribution in [0.3, 0.4) is 0 Å². The lowest BCUT2D eigenvalue weighted by Crippen LogP contribution is -2.20. The lowest BCUT2D eigenvalue weighted by atomic mass is 10.1. The van der Waals surface area contributed by atoms with Crippen molar-refractivity contribution in [2.75, 3.05) is 13.7 Å². The van der Waals surface area contributed by atoms with Crippen LogP contribution in [0, 0.1) is 0 Å². The average Bonchev–Trinajstić information content (AvgIpc) is 2.99. The van der Waals surface area contributed by atoms with E-state index in [0.29, 0.717) is 6.61 Å². The van der Waals surface area contributed by atoms with Gasteiger partial charge in [0.25, 0.3) is 0 Å². The van der Waals surface area contributed by atoms with Gasteiger partial charge in [-0.15, -0.1) is 0 Å². The standard InChI is InChI=1S/C18H25NO2/c1-4-12-19-16(5-2)18-11-10-17(21-18)15-9-7-6-8-14(15)13-20-3/h6-11,16,19H,4-5,12-13H2,1-3H3. The highest BCUT2D eigenvalue weighted by Crippen LogP contribution is 2.29. The van der Waals surface area contributed by atoms with Crippen molar-refractivity contribution in [1.29, 1.82) is 0 Å². The topological polar surface area (TPSA) is 34.4 Å². The predicted molar refractivity (Wildman–Crippen MR) is 86.2 cm³/mol. The zero-order valence-electron chi connectivity index (χ0n) is 13.2. The zero-order chi connectivity index (χ0) is 15.1. The van der Waals surface area contributed by atoms with E-state index in [4.69, 9.17) is 9.15 Å². The molecule has 3 heteroatoms. The van der Waals surface area contributed by atoms with Crippen LogP contribution in [0.15, 0.2) is 40.8 Å². The molecule has 0 bridgehead atoms. The minimum absolute atomic E-state index is 0.285. The van der Waals surface area contributed by atoms with Crippen LogP contribution in [0.5, 0.6) is 0 Å². The maximum Gasteiger partial charge on any atom is 0.134 e. The van der Waals surface area contributed by atoms with Crippen molar-refractivity contribution in [3.8, 4) is 11.3 Å². The van der Waals surface area contributed by atoms with Gasteiger partial charge in [-0.2, -0.15) is 0 Å². The molecule has 1 unspecified atom stereocenters. The third-order valence-corrected chi connectivity index (χ3v) is 3.60. The Morgan fingerprint density at radius 2 is 1.95 bits per heavy atom. The summed E-state index contributed by atoms with van der Waals surface area (Å²) in [5, 5.41) is 3.52. The third kappa shape index (κ3) is 3.96. The summed E-state index contributed by atoms with van der Waals surface area (Å²) in [5.41, 5.74) is 2.26. The Morgan fingerprint density at radius 1 is 1.14 bits per heavy atom. The number of methoxy groups -OCH3 is 1. The highest BCUT2D eigenvalue weighted by molar-refractivity contribution is 5.62. The maximum absolute atomic E-state index is 6.09. The first-order chi connectivity index (χ1) is 10.3. The largest absolute Gasteiger partial charge is 0.459 e. The van der Waals surface area contributed by atoms with Gasteiger partial charge in [0.1, 0.15) is 11.5 Å². The van der Waals surface area contributed by atoms with E-state index in [2.05, 4.69) is 43.4 Å². The number of ether oxygens (including phenoxy) is 1. The molecule has 0 fully saturated rings. The molecule has 21 heavy (non-hydrogen) atoms. The molecule has 1 N–H and O–H groups in total. The fraction of sp³-hybridized carbons (Fsp3) is 0.444. The highest BCUT2D eigenvalue weighted by atomic mass is 16.5. The van der Waals surface area contributed by atoms with Crippen molar-refractivity contribution < 1.29 is 9.15 Å². The van der Waals surface area contributed by atoms with Gasteiger partial charge in [-0.05, 0) is 37.1 Å². The number of hydrogen-bond acceptors (Lipinski definition) is 3. The number of hydrogen-bond donors (Lipinski definition) is 1. The predicted octanol–water partition coefficient (Wildman–Crippen LogP) is 4.54. The second-order valence-corrected chi connectivity index (χ2v) is 5.21. The number of benzene rings is 1. The number of nitrogens with one attached hydrogen (secondary N) is 1. The van der Waals surface area contributed by atoms with Crippen LogP contribution in [0.25, 0.3) is 11.3 Å². The maximum atomic E-state index is 6.09. The van der Waals surface area contributed by atoms with Crippen molar-refractivity contribution in [2.45, 2.75) is 39.3 Å². The molecule has 0 radical (unpaired) electrons. The highest BCUT2D eigenvalue weighted by Gasteiger charge is 2.15. The molecule has 0 aliphatic heterocycles. The fourth-order valence-corrected chi connectivity index (χ4v) is 2.49. The van der Waals surface area contributed by atoms with Gasteiger partial charge >= 0.3 is 0 Å². The Balaban J connectivity index is 2.23. The van der Waals surface area contributed by atoms with E-state index in [0.717, 1.165) is 42.0 Å². The molecule has 2 aromatic rings. The average molecular weight is 287 g/mol. The summed E-state index contributed by atoms with van der Waals surface area (Å²) >= 11 is 0. The van der Waals surface area contributed by atoms with Crippen LogP contribution in [0.4, 0.5) is 0 Å². The molecule has 2 rings (SSSR count). The van der Waals surface area contributed by atoms with Crippen molar-refractivity contribution in [1.82, 2.24) is 5.32 Å². The van der Waals surface area contributed by atoms with Gasteiger partial charge in [-0.25, -0.2) is 0 Å². The molecular formula is C18H25NO2. The van der Waals surface area contributed by atoms with Gasteiger partial charge in [0.2, 0.25) is 0 Å². The number of furan rings is 1. The minimum Gasteiger partial charge on any atom is -0.459 e. The molecule has 114 valence electrons. The van der Waals surface area contributed by atoms with Gasteiger partial charge in [-0.3, -0.25) is 0 Å². The van der Waals surface area contributed by atoms with E-state index in [9.17, 15) is 0 Å². The lowest BCUT2D eigenvalue weighted by Gasteiger charge is -2.14. The van der Waals surface area contributed by atoms with Crippen LogP contribution in [-0.4, -0.2) is 13.7 Å². The number of rotatable bonds is 8. The molecule has 0 amide bonds. The molecule has 0 spiro atoms. The molecule has 3 nitrogen and oxygen atoms in total. The quantitative estimate of drug-likeness (QED) is 0.773. The van der Waals surface area contributed by atoms with Crippen LogP contribution < -0.4 is 5.32 Å². The summed E-state index contributed by atoms with van der Waals surface area (Å²) in [7, 11) is 1.71. The van der Waals surface area contributed by atoms with Crippen molar-refractivity contribution in [3.05, 3.63) is 47.7 Å². The Bertz CT molecular complexity index is 548. The van der Waals surface area contributed by atoms with E-state index in [1.807, 2.05) is 12.1 Å². The molecule has 0 aliphatic rings. The molecule has 1 atom stereocenters. The van der Waals surface area contributed by atoms with Crippen molar-refractivity contribution in [3.63, 3.8) is 0 Å². The molecule has 1 aromatic carbocycles. The Morgan fingerprint density at radius 3 is 2.67 bits per heavy atom. The van der Waals surface area contributed by atoms with Crippen molar-refractivity contribution in [2.24, 2.45) is 0 Å². The van der Waals surface area contributed by atoms with Crippen molar-refractivity contribution >= 4 is 0 Å². The van der Waals surface area contributed by atoms with Crippen LogP contribution in [0.1, 0.15) is 44.1 Å². The second kappa shape index (κ2) is 8.01. The molecule has 1 heterocycles. The van der Waals surface area contributed by atoms with E-state index in [1.54, 1.807) is 7.11 Å². The third-order valence-electron chi connectivity index (χ3n) is 3.60. The van der Waals surface area contributed by atoms with Crippen LogP contribution in [-0.2, 0) is 11.3 Å². The first-order valence-electron chi connectivity index (χ1n) is 7.70. The minimum atomic E-state index is 0.285. The summed E-state index contributed by atoms with van der Waals surface area (Å²) in [4.78, 5) is 0. The normalized spacial score (nSPS) is 12.5. The van der Waals surface area contributed by atoms with Gasteiger partial charge in [0.15, 0.2) is 0 Å². The Kier molecular flexibility index (Phi) is 6.03. The summed E-state index contributed by atoms with van der Waals surface area (Å²) in [6, 6.07) is 12.6. The SMILES string of the molecule is CCCNC(CC)c1ccc(-c2ccccc2COC)o1. The summed E-state index contributed by atoms with van der Waals surface area (Å²) < 4.78 is 11.4. The molecule has 0 saturated carbocycles. The first-order valence-corrected chi connectivity index (χ1v) is 7.70. The molecule has 0 aliphatic carbocycles. The van der Waals surface area contributed by atoms with E-state index < -0.39 is 0 Å². The monoisotopic (exact) mass is 287 g/mol. The Hall–Kier alpha value is -1.58. The van der Waals surface area contributed by atoms with E-state index in [-0.39, 0.29) is 6.04 Å². The first kappa shape index (κ1) is 15.8. The van der Waals surface area contributed by atoms with Crippen LogP contribution in [0.2, 0.25) is 0 Å². The van der Waals surface area contributed by atoms with E-state index >= 15 is 0 Å². The van der Waals surface area contributed by atoms with Gasteiger partial charge < -0.3 is 14.5 Å².